The zero-order valence-electron chi connectivity index (χ0n) is 11.3. The topological polar surface area (TPSA) is 45.9 Å². The summed E-state index contributed by atoms with van der Waals surface area (Å²) in [7, 11) is 0. The molecular formula is C16H20N2O. The number of fused-ring (bicyclic) bond motifs is 1. The third-order valence-corrected chi connectivity index (χ3v) is 4.22. The maximum Gasteiger partial charge on any atom is 0.232 e. The van der Waals surface area contributed by atoms with Gasteiger partial charge in [0.25, 0.3) is 0 Å². The molecule has 3 rings (SSSR count). The number of aryl methyl sites for hydroxylation is 2. The molecule has 0 aromatic carbocycles. The Kier molecular flexibility index (Phi) is 3.68. The van der Waals surface area contributed by atoms with Gasteiger partial charge in [-0.15, -0.1) is 0 Å². The molecule has 1 fully saturated rings. The number of nitrogens with zero attached hydrogens (tertiary/aromatic N) is 2. The Labute approximate surface area is 114 Å². The number of hydrogen-bond donors (Lipinski definition) is 0. The highest BCUT2D eigenvalue weighted by Gasteiger charge is 2.20. The van der Waals surface area contributed by atoms with Gasteiger partial charge in [-0.05, 0) is 63.0 Å². The number of ether oxygens (including phenoxy) is 1. The van der Waals surface area contributed by atoms with Crippen LogP contribution in [0.1, 0.15) is 61.8 Å². The van der Waals surface area contributed by atoms with Crippen molar-refractivity contribution in [2.24, 2.45) is 0 Å². The van der Waals surface area contributed by atoms with E-state index in [1.807, 2.05) is 6.07 Å². The molecule has 3 heteroatoms. The van der Waals surface area contributed by atoms with Gasteiger partial charge in [0.05, 0.1) is 0 Å². The molecule has 3 nitrogen and oxygen atoms in total. The molecule has 0 amide bonds. The van der Waals surface area contributed by atoms with Gasteiger partial charge in [-0.1, -0.05) is 6.42 Å². The Bertz CT molecular complexity index is 498. The number of hydrogen-bond acceptors (Lipinski definition) is 3. The van der Waals surface area contributed by atoms with Crippen molar-refractivity contribution in [1.29, 1.82) is 5.26 Å². The Balaban J connectivity index is 1.84. The van der Waals surface area contributed by atoms with Crippen molar-refractivity contribution in [2.45, 2.75) is 63.9 Å². The van der Waals surface area contributed by atoms with E-state index in [0.717, 1.165) is 31.4 Å². The normalized spacial score (nSPS) is 19.5. The van der Waals surface area contributed by atoms with Crippen molar-refractivity contribution in [1.82, 2.24) is 4.98 Å². The summed E-state index contributed by atoms with van der Waals surface area (Å²) in [5.41, 5.74) is 3.01. The smallest absolute Gasteiger partial charge is 0.232 e. The van der Waals surface area contributed by atoms with Crippen LogP contribution in [-0.4, -0.2) is 11.1 Å². The maximum atomic E-state index is 9.28. The lowest BCUT2D eigenvalue weighted by atomic mass is 9.95. The number of rotatable bonds is 2. The van der Waals surface area contributed by atoms with Gasteiger partial charge in [0, 0.05) is 5.69 Å². The van der Waals surface area contributed by atoms with E-state index in [4.69, 9.17) is 4.74 Å². The van der Waals surface area contributed by atoms with Crippen LogP contribution in [0, 0.1) is 11.3 Å². The second-order valence-corrected chi connectivity index (χ2v) is 5.64. The average Bonchev–Trinajstić information content (AvgIpc) is 2.47. The van der Waals surface area contributed by atoms with E-state index in [-0.39, 0.29) is 6.10 Å². The number of aromatic nitrogens is 1. The van der Waals surface area contributed by atoms with E-state index >= 15 is 0 Å². The first-order chi connectivity index (χ1) is 9.36. The van der Waals surface area contributed by atoms with E-state index in [1.54, 1.807) is 0 Å². The number of pyridine rings is 1. The Morgan fingerprint density at radius 1 is 1.11 bits per heavy atom. The molecule has 19 heavy (non-hydrogen) atoms. The third kappa shape index (κ3) is 2.73. The third-order valence-electron chi connectivity index (χ3n) is 4.22. The van der Waals surface area contributed by atoms with Crippen LogP contribution in [0.2, 0.25) is 0 Å². The van der Waals surface area contributed by atoms with Crippen LogP contribution in [0.15, 0.2) is 6.07 Å². The molecule has 1 saturated carbocycles. The Hall–Kier alpha value is -1.56. The van der Waals surface area contributed by atoms with Crippen molar-refractivity contribution in [3.63, 3.8) is 0 Å². The second-order valence-electron chi connectivity index (χ2n) is 5.64. The molecule has 100 valence electrons. The van der Waals surface area contributed by atoms with Crippen molar-refractivity contribution >= 4 is 0 Å². The predicted molar refractivity (Wildman–Crippen MR) is 73.1 cm³/mol. The van der Waals surface area contributed by atoms with Crippen molar-refractivity contribution in [3.05, 3.63) is 22.9 Å². The second kappa shape index (κ2) is 5.61. The fourth-order valence-corrected chi connectivity index (χ4v) is 3.13. The van der Waals surface area contributed by atoms with E-state index in [9.17, 15) is 5.26 Å². The lowest BCUT2D eigenvalue weighted by molar-refractivity contribution is 0.147. The molecule has 2 aliphatic carbocycles. The molecule has 0 N–H and O–H groups in total. The van der Waals surface area contributed by atoms with Gasteiger partial charge in [-0.2, -0.15) is 5.26 Å². The van der Waals surface area contributed by atoms with Crippen LogP contribution < -0.4 is 4.74 Å². The minimum atomic E-state index is 0.259. The fourth-order valence-electron chi connectivity index (χ4n) is 3.13. The summed E-state index contributed by atoms with van der Waals surface area (Å²) in [5, 5.41) is 9.28. The fraction of sp³-hybridized carbons (Fsp3) is 0.625. The molecule has 0 radical (unpaired) electrons. The maximum absolute atomic E-state index is 9.28. The van der Waals surface area contributed by atoms with Crippen LogP contribution in [0.3, 0.4) is 0 Å². The lowest BCUT2D eigenvalue weighted by Gasteiger charge is -2.24. The lowest BCUT2D eigenvalue weighted by Crippen LogP contribution is -2.21. The SMILES string of the molecule is N#Cc1cc2c(nc1OC1CCCCC1)CCCC2. The van der Waals surface area contributed by atoms with Crippen LogP contribution in [0.25, 0.3) is 0 Å². The van der Waals surface area contributed by atoms with Gasteiger partial charge >= 0.3 is 0 Å². The summed E-state index contributed by atoms with van der Waals surface area (Å²) in [4.78, 5) is 4.63. The molecular weight excluding hydrogens is 236 g/mol. The van der Waals surface area contributed by atoms with Crippen LogP contribution in [0.5, 0.6) is 5.88 Å². The zero-order valence-corrected chi connectivity index (χ0v) is 11.3. The molecule has 0 bridgehead atoms. The Morgan fingerprint density at radius 2 is 1.89 bits per heavy atom. The zero-order chi connectivity index (χ0) is 13.1. The monoisotopic (exact) mass is 256 g/mol. The predicted octanol–water partition coefficient (Wildman–Crippen LogP) is 3.54. The molecule has 2 aliphatic rings. The van der Waals surface area contributed by atoms with Gasteiger partial charge in [-0.3, -0.25) is 0 Å². The highest BCUT2D eigenvalue weighted by Crippen LogP contribution is 2.28. The van der Waals surface area contributed by atoms with Gasteiger partial charge < -0.3 is 4.74 Å². The van der Waals surface area contributed by atoms with Gasteiger partial charge in [0.1, 0.15) is 17.7 Å². The molecule has 0 spiro atoms. The molecule has 1 aromatic heterocycles. The van der Waals surface area contributed by atoms with Crippen LogP contribution in [0.4, 0.5) is 0 Å². The molecule has 1 aromatic rings. The Morgan fingerprint density at radius 3 is 2.68 bits per heavy atom. The largest absolute Gasteiger partial charge is 0.473 e. The minimum absolute atomic E-state index is 0.259. The minimum Gasteiger partial charge on any atom is -0.473 e. The highest BCUT2D eigenvalue weighted by atomic mass is 16.5. The summed E-state index contributed by atoms with van der Waals surface area (Å²) >= 11 is 0. The summed E-state index contributed by atoms with van der Waals surface area (Å²) in [6, 6.07) is 4.25. The quantitative estimate of drug-likeness (QED) is 0.813. The van der Waals surface area contributed by atoms with Gasteiger partial charge in [-0.25, -0.2) is 4.98 Å². The number of nitriles is 1. The molecule has 0 atom stereocenters. The molecule has 0 aliphatic heterocycles. The first kappa shape index (κ1) is 12.5. The first-order valence-corrected chi connectivity index (χ1v) is 7.46. The first-order valence-electron chi connectivity index (χ1n) is 7.46. The summed E-state index contributed by atoms with van der Waals surface area (Å²) in [6.07, 6.45) is 10.7. The van der Waals surface area contributed by atoms with Crippen molar-refractivity contribution < 1.29 is 4.74 Å². The van der Waals surface area contributed by atoms with Crippen molar-refractivity contribution in [2.75, 3.05) is 0 Å². The molecule has 0 unspecified atom stereocenters. The van der Waals surface area contributed by atoms with Gasteiger partial charge in [0.2, 0.25) is 5.88 Å². The van der Waals surface area contributed by atoms with E-state index < -0.39 is 0 Å². The van der Waals surface area contributed by atoms with E-state index in [2.05, 4.69) is 11.1 Å². The summed E-state index contributed by atoms with van der Waals surface area (Å²) in [6.45, 7) is 0. The molecule has 0 saturated heterocycles. The standard InChI is InChI=1S/C16H20N2O/c17-11-13-10-12-6-4-5-9-15(12)18-16(13)19-14-7-2-1-3-8-14/h10,14H,1-9H2. The van der Waals surface area contributed by atoms with E-state index in [0.29, 0.717) is 11.4 Å². The van der Waals surface area contributed by atoms with Crippen molar-refractivity contribution in [3.8, 4) is 11.9 Å². The molecule has 1 heterocycles. The van der Waals surface area contributed by atoms with Gasteiger partial charge in [0.15, 0.2) is 0 Å². The average molecular weight is 256 g/mol. The summed E-state index contributed by atoms with van der Waals surface area (Å²) in [5.74, 6) is 0.579. The highest BCUT2D eigenvalue weighted by molar-refractivity contribution is 5.43. The van der Waals surface area contributed by atoms with Crippen LogP contribution in [-0.2, 0) is 12.8 Å². The van der Waals surface area contributed by atoms with Crippen LogP contribution >= 0.6 is 0 Å². The summed E-state index contributed by atoms with van der Waals surface area (Å²) < 4.78 is 6.01. The van der Waals surface area contributed by atoms with E-state index in [1.165, 1.54) is 37.7 Å².